The molecule has 1 aromatic rings. The summed E-state index contributed by atoms with van der Waals surface area (Å²) in [5.41, 5.74) is 7.34. The summed E-state index contributed by atoms with van der Waals surface area (Å²) in [6.07, 6.45) is 2.76. The van der Waals surface area contributed by atoms with E-state index in [1.807, 2.05) is 29.6 Å². The number of nitrogens with one attached hydrogen (secondary N) is 2. The Hall–Kier alpha value is -1.62. The van der Waals surface area contributed by atoms with Crippen molar-refractivity contribution >= 4 is 33.9 Å². The molecule has 0 bridgehead atoms. The number of carbonyl (C=O) groups excluding carboxylic acids is 2. The predicted molar refractivity (Wildman–Crippen MR) is 59.8 cm³/mol. The fraction of sp³-hybridized carbons (Fsp3) is 0. The second-order valence-electron chi connectivity index (χ2n) is 2.71. The van der Waals surface area contributed by atoms with Gasteiger partial charge in [-0.05, 0) is 23.8 Å². The molecule has 1 rings (SSSR count). The number of benzene rings is 1. The highest BCUT2D eigenvalue weighted by Gasteiger charge is 1.98. The summed E-state index contributed by atoms with van der Waals surface area (Å²) in [5, 5.41) is 1.82. The topological polar surface area (TPSA) is 70.0 Å². The van der Waals surface area contributed by atoms with Gasteiger partial charge in [-0.25, -0.2) is 10.5 Å². The van der Waals surface area contributed by atoms with Gasteiger partial charge in [0.15, 0.2) is 0 Å². The molecule has 0 aliphatic heterocycles. The molecule has 0 aliphatic carbocycles. The van der Waals surface area contributed by atoms with E-state index in [9.17, 15) is 9.59 Å². The van der Waals surface area contributed by atoms with Crippen LogP contribution in [0.15, 0.2) is 34.8 Å². The zero-order valence-corrected chi connectivity index (χ0v) is 9.24. The van der Waals surface area contributed by atoms with E-state index in [4.69, 9.17) is 5.73 Å². The largest absolute Gasteiger partial charge is 0.340 e. The molecular weight excluding hydrogens is 260 g/mol. The third-order valence-electron chi connectivity index (χ3n) is 1.51. The maximum absolute atomic E-state index is 11.0. The number of halogens is 1. The number of imide groups is 1. The molecule has 0 atom stereocenters. The van der Waals surface area contributed by atoms with Crippen molar-refractivity contribution in [1.82, 2.24) is 11.1 Å². The van der Waals surface area contributed by atoms with E-state index in [0.717, 1.165) is 10.0 Å². The highest BCUT2D eigenvalue weighted by atomic mass is 79.9. The summed E-state index contributed by atoms with van der Waals surface area (Å²) in [4.78, 5) is 21.2. The van der Waals surface area contributed by atoms with Crippen LogP contribution in [-0.4, -0.2) is 11.9 Å². The first-order chi connectivity index (χ1) is 7.08. The summed E-state index contributed by atoms with van der Waals surface area (Å²) in [5.74, 6) is -0.602. The minimum absolute atomic E-state index is 0.602. The lowest BCUT2D eigenvalue weighted by Crippen LogP contribution is -2.27. The van der Waals surface area contributed by atoms with Crippen LogP contribution in [-0.2, 0) is 4.79 Å². The number of rotatable bonds is 2. The summed E-state index contributed by atoms with van der Waals surface area (Å²) < 4.78 is 0.904. The Morgan fingerprint density at radius 2 is 2.13 bits per heavy atom. The number of amides is 3. The summed E-state index contributed by atoms with van der Waals surface area (Å²) in [6.45, 7) is 0. The molecule has 0 aromatic heterocycles. The van der Waals surface area contributed by atoms with Gasteiger partial charge in [0, 0.05) is 10.5 Å². The lowest BCUT2D eigenvalue weighted by Gasteiger charge is -1.95. The van der Waals surface area contributed by atoms with Gasteiger partial charge in [-0.2, -0.15) is 0 Å². The Labute approximate surface area is 95.3 Å². The van der Waals surface area contributed by atoms with Gasteiger partial charge in [-0.15, -0.1) is 0 Å². The van der Waals surface area contributed by atoms with Gasteiger partial charge in [0.2, 0.25) is 0 Å². The van der Waals surface area contributed by atoms with Crippen molar-refractivity contribution in [2.75, 3.05) is 0 Å². The van der Waals surface area contributed by atoms with Crippen LogP contribution in [0.4, 0.5) is 4.79 Å². The molecular formula is C10H8BrN2O2. The van der Waals surface area contributed by atoms with Crippen LogP contribution in [0.2, 0.25) is 0 Å². The monoisotopic (exact) mass is 267 g/mol. The van der Waals surface area contributed by atoms with Gasteiger partial charge in [0.05, 0.1) is 0 Å². The zero-order valence-electron chi connectivity index (χ0n) is 7.66. The molecule has 0 unspecified atom stereocenters. The van der Waals surface area contributed by atoms with Crippen molar-refractivity contribution < 1.29 is 9.59 Å². The highest BCUT2D eigenvalue weighted by Crippen LogP contribution is 2.12. The predicted octanol–water partition coefficient (Wildman–Crippen LogP) is 1.98. The Bertz CT molecular complexity index is 416. The molecule has 0 fully saturated rings. The molecule has 4 nitrogen and oxygen atoms in total. The van der Waals surface area contributed by atoms with Crippen LogP contribution >= 0.6 is 15.9 Å². The van der Waals surface area contributed by atoms with Crippen LogP contribution in [0.1, 0.15) is 5.56 Å². The van der Waals surface area contributed by atoms with Gasteiger partial charge >= 0.3 is 6.03 Å². The second-order valence-corrected chi connectivity index (χ2v) is 3.62. The SMILES string of the molecule is [NH]C(=O)NC(=O)/C=C/c1cccc(Br)c1. The van der Waals surface area contributed by atoms with Gasteiger partial charge in [0.25, 0.3) is 5.91 Å². The molecule has 0 heterocycles. The van der Waals surface area contributed by atoms with Crippen molar-refractivity contribution in [3.05, 3.63) is 40.4 Å². The maximum Gasteiger partial charge on any atom is 0.340 e. The van der Waals surface area contributed by atoms with E-state index in [0.29, 0.717) is 0 Å². The molecule has 5 heteroatoms. The van der Waals surface area contributed by atoms with Crippen LogP contribution in [0.3, 0.4) is 0 Å². The Kier molecular flexibility index (Phi) is 4.05. The Morgan fingerprint density at radius 3 is 2.73 bits per heavy atom. The molecule has 3 amide bonds. The minimum Gasteiger partial charge on any atom is -0.273 e. The van der Waals surface area contributed by atoms with E-state index in [1.165, 1.54) is 6.08 Å². The van der Waals surface area contributed by atoms with Crippen molar-refractivity contribution in [3.8, 4) is 0 Å². The fourth-order valence-electron chi connectivity index (χ4n) is 0.936. The van der Waals surface area contributed by atoms with Crippen LogP contribution in [0.25, 0.3) is 6.08 Å². The van der Waals surface area contributed by atoms with Crippen molar-refractivity contribution in [3.63, 3.8) is 0 Å². The minimum atomic E-state index is -1.11. The number of hydrogen-bond donors (Lipinski definition) is 1. The molecule has 2 N–H and O–H groups in total. The quantitative estimate of drug-likeness (QED) is 0.833. The average molecular weight is 268 g/mol. The standard InChI is InChI=1S/C10H8BrN2O2/c11-8-3-1-2-7(6-8)4-5-9(14)13-10(12)15/h1-6,12H,(H,13,14,15)/b5-4+. The van der Waals surface area contributed by atoms with Gasteiger partial charge < -0.3 is 0 Å². The van der Waals surface area contributed by atoms with E-state index in [-0.39, 0.29) is 0 Å². The zero-order chi connectivity index (χ0) is 11.3. The number of carbonyl (C=O) groups is 2. The van der Waals surface area contributed by atoms with E-state index >= 15 is 0 Å². The summed E-state index contributed by atoms with van der Waals surface area (Å²) in [6, 6.07) is 6.23. The van der Waals surface area contributed by atoms with Crippen LogP contribution < -0.4 is 11.1 Å². The first-order valence-electron chi connectivity index (χ1n) is 4.08. The maximum atomic E-state index is 11.0. The summed E-state index contributed by atoms with van der Waals surface area (Å²) >= 11 is 3.29. The molecule has 0 saturated carbocycles. The van der Waals surface area contributed by atoms with E-state index in [2.05, 4.69) is 15.9 Å². The smallest absolute Gasteiger partial charge is 0.273 e. The van der Waals surface area contributed by atoms with Gasteiger partial charge in [-0.1, -0.05) is 28.1 Å². The number of urea groups is 1. The van der Waals surface area contributed by atoms with Gasteiger partial charge in [-0.3, -0.25) is 10.1 Å². The average Bonchev–Trinajstić information content (AvgIpc) is 2.14. The van der Waals surface area contributed by atoms with Crippen LogP contribution in [0, 0.1) is 0 Å². The number of hydrogen-bond acceptors (Lipinski definition) is 2. The Morgan fingerprint density at radius 1 is 1.40 bits per heavy atom. The molecule has 0 saturated heterocycles. The van der Waals surface area contributed by atoms with Crippen LogP contribution in [0.5, 0.6) is 0 Å². The fourth-order valence-corrected chi connectivity index (χ4v) is 1.35. The third-order valence-corrected chi connectivity index (χ3v) is 2.01. The molecule has 0 spiro atoms. The molecule has 15 heavy (non-hydrogen) atoms. The Balaban J connectivity index is 2.65. The second kappa shape index (κ2) is 5.31. The van der Waals surface area contributed by atoms with E-state index < -0.39 is 11.9 Å². The highest BCUT2D eigenvalue weighted by molar-refractivity contribution is 9.10. The lowest BCUT2D eigenvalue weighted by atomic mass is 10.2. The summed E-state index contributed by atoms with van der Waals surface area (Å²) in [7, 11) is 0. The van der Waals surface area contributed by atoms with Crippen molar-refractivity contribution in [2.45, 2.75) is 0 Å². The third kappa shape index (κ3) is 4.42. The normalized spacial score (nSPS) is 10.2. The molecule has 0 aliphatic rings. The first-order valence-corrected chi connectivity index (χ1v) is 4.87. The van der Waals surface area contributed by atoms with Gasteiger partial charge in [0.1, 0.15) is 0 Å². The molecule has 1 aromatic carbocycles. The lowest BCUT2D eigenvalue weighted by molar-refractivity contribution is -0.115. The van der Waals surface area contributed by atoms with E-state index in [1.54, 1.807) is 6.08 Å². The molecule has 1 radical (unpaired) electrons. The first kappa shape index (κ1) is 11.5. The van der Waals surface area contributed by atoms with Crippen molar-refractivity contribution in [1.29, 1.82) is 0 Å². The molecule has 77 valence electrons. The van der Waals surface area contributed by atoms with Crippen molar-refractivity contribution in [2.24, 2.45) is 0 Å².